The van der Waals surface area contributed by atoms with Gasteiger partial charge in [0.25, 0.3) is 0 Å². The first-order valence-corrected chi connectivity index (χ1v) is 24.4. The van der Waals surface area contributed by atoms with Crippen LogP contribution in [0.2, 0.25) is 0 Å². The maximum absolute atomic E-state index is 14.5. The molecule has 3 saturated heterocycles. The Morgan fingerprint density at radius 2 is 1.58 bits per heavy atom. The Labute approximate surface area is 399 Å². The Bertz CT molecular complexity index is 1720. The maximum atomic E-state index is 14.5. The Morgan fingerprint density at radius 1 is 0.925 bits per heavy atom. The first-order valence-electron chi connectivity index (χ1n) is 24.4. The fraction of sp³-hybridized carbons (Fsp3) is 0.820. The lowest BCUT2D eigenvalue weighted by Gasteiger charge is -2.48. The number of aliphatic hydroxyl groups is 5. The number of nitrogens with zero attached hydrogens (tertiary/aromatic N) is 2. The third kappa shape index (κ3) is 14.5. The minimum absolute atomic E-state index is 0.0327. The van der Waals surface area contributed by atoms with Crippen LogP contribution in [0.4, 0.5) is 0 Å². The number of Topliss-reactive ketones (excluding diaryl/α,β-unsaturated/α-hetero) is 1. The molecular formula is C50H85N3O14. The monoisotopic (exact) mass is 952 g/mol. The lowest BCUT2D eigenvalue weighted by molar-refractivity contribution is -0.318. The van der Waals surface area contributed by atoms with Gasteiger partial charge >= 0.3 is 5.97 Å². The molecule has 0 aromatic heterocycles. The van der Waals surface area contributed by atoms with Gasteiger partial charge in [-0.2, -0.15) is 0 Å². The molecule has 3 aliphatic rings. The highest BCUT2D eigenvalue weighted by atomic mass is 16.7. The van der Waals surface area contributed by atoms with Gasteiger partial charge in [0.05, 0.1) is 41.5 Å². The summed E-state index contributed by atoms with van der Waals surface area (Å²) in [7, 11) is 5.23. The number of rotatable bonds is 15. The van der Waals surface area contributed by atoms with Gasteiger partial charge in [-0.15, -0.1) is 0 Å². The number of carbonyl (C=O) groups excluding carboxylic acids is 3. The highest BCUT2D eigenvalue weighted by Gasteiger charge is 2.53. The molecule has 0 saturated carbocycles. The number of ether oxygens (including phenoxy) is 6. The van der Waals surface area contributed by atoms with Crippen LogP contribution in [0.5, 0.6) is 0 Å². The summed E-state index contributed by atoms with van der Waals surface area (Å²) in [5.41, 5.74) is -4.12. The van der Waals surface area contributed by atoms with Crippen LogP contribution in [0, 0.1) is 17.8 Å². The number of cyclic esters (lactones) is 1. The van der Waals surface area contributed by atoms with Crippen molar-refractivity contribution in [1.29, 1.82) is 0 Å². The van der Waals surface area contributed by atoms with Crippen LogP contribution in [0.25, 0.3) is 0 Å². The van der Waals surface area contributed by atoms with Gasteiger partial charge in [0, 0.05) is 69.6 Å². The summed E-state index contributed by atoms with van der Waals surface area (Å²) < 4.78 is 38.0. The number of carbonyl (C=O) groups is 3. The number of hydrogen-bond acceptors (Lipinski definition) is 16. The second kappa shape index (κ2) is 24.5. The molecule has 3 aliphatic heterocycles. The predicted molar refractivity (Wildman–Crippen MR) is 251 cm³/mol. The van der Waals surface area contributed by atoms with Gasteiger partial charge in [-0.25, -0.2) is 0 Å². The van der Waals surface area contributed by atoms with Crippen molar-refractivity contribution in [2.24, 2.45) is 17.8 Å². The topological polar surface area (TPSA) is 226 Å². The second-order valence-corrected chi connectivity index (χ2v) is 20.7. The fourth-order valence-electron chi connectivity index (χ4n) is 10.5. The summed E-state index contributed by atoms with van der Waals surface area (Å²) in [5.74, 6) is -3.31. The molecule has 0 bridgehead atoms. The van der Waals surface area contributed by atoms with Crippen molar-refractivity contribution in [1.82, 2.24) is 15.1 Å². The molecule has 3 fully saturated rings. The van der Waals surface area contributed by atoms with E-state index in [0.717, 1.165) is 0 Å². The Balaban J connectivity index is 1.70. The number of aliphatic hydroxyl groups excluding tert-OH is 3. The summed E-state index contributed by atoms with van der Waals surface area (Å²) in [6, 6.07) is 7.79. The quantitative estimate of drug-likeness (QED) is 0.0842. The maximum Gasteiger partial charge on any atom is 0.311 e. The van der Waals surface area contributed by atoms with Crippen molar-refractivity contribution in [3.63, 3.8) is 0 Å². The predicted octanol–water partition coefficient (Wildman–Crippen LogP) is 3.44. The van der Waals surface area contributed by atoms with Gasteiger partial charge < -0.3 is 64.2 Å². The zero-order valence-corrected chi connectivity index (χ0v) is 42.4. The number of nitrogens with one attached hydrogen (secondary N) is 1. The zero-order valence-electron chi connectivity index (χ0n) is 42.4. The average Bonchev–Trinajstić information content (AvgIpc) is 3.27. The summed E-state index contributed by atoms with van der Waals surface area (Å²) in [6.07, 6.45) is -8.62. The SMILES string of the molecule is CC[C@H]1OC(=O)[C@H](C)[C@@H](O[C@H]2C[C@@](C)(OC)[C@@H](O)[C@H](C)O2)[C@H](C)[C@@H](O[C@@H]2O[C@H](C)C[C@H](N(C)C)[C@H]2O)[C@](C)(O)C[C@@H](C)CN(CCCNC(=O)CCC(=O)c2ccccc2)[C@H](C)[C@@H](O)[C@]1(C)O. The molecule has 1 amide bonds. The fourth-order valence-corrected chi connectivity index (χ4v) is 10.5. The molecule has 3 heterocycles. The van der Waals surface area contributed by atoms with Gasteiger partial charge in [-0.3, -0.25) is 19.3 Å². The van der Waals surface area contributed by atoms with Crippen LogP contribution in [0.3, 0.4) is 0 Å². The van der Waals surface area contributed by atoms with Gasteiger partial charge in [0.15, 0.2) is 18.4 Å². The Hall–Kier alpha value is -2.65. The molecule has 0 unspecified atom stereocenters. The van der Waals surface area contributed by atoms with Crippen molar-refractivity contribution in [2.45, 2.75) is 204 Å². The molecule has 6 N–H and O–H groups in total. The molecule has 4 rings (SSSR count). The summed E-state index contributed by atoms with van der Waals surface area (Å²) in [4.78, 5) is 43.9. The third-order valence-electron chi connectivity index (χ3n) is 14.7. The van der Waals surface area contributed by atoms with Crippen molar-refractivity contribution < 1.29 is 68.3 Å². The van der Waals surface area contributed by atoms with E-state index in [4.69, 9.17) is 28.4 Å². The van der Waals surface area contributed by atoms with E-state index in [1.165, 1.54) is 14.0 Å². The van der Waals surface area contributed by atoms with E-state index < -0.39 is 96.0 Å². The molecule has 1 aromatic carbocycles. The number of ketones is 1. The number of hydrogen-bond donors (Lipinski definition) is 6. The largest absolute Gasteiger partial charge is 0.459 e. The van der Waals surface area contributed by atoms with Crippen LogP contribution in [-0.2, 0) is 38.0 Å². The van der Waals surface area contributed by atoms with Gasteiger partial charge in [0.2, 0.25) is 5.91 Å². The standard InChI is InChI=1S/C50H85N3O14/c1-14-38-50(10,61)43(57)33(6)53(24-18-23-51-39(55)22-21-37(54)35-19-16-15-17-20-35)28-29(2)26-48(8,60)45(67-47-41(56)36(52(11)12)25-30(3)63-47)31(4)42(32(5)46(59)65-38)66-40-27-49(9,62-13)44(58)34(7)64-40/h15-17,19-20,29-34,36,38,40-45,47,56-58,60-61H,14,18,21-28H2,1-13H3,(H,51,55)/t29-,30-,31+,32-,33-,34+,36+,38-,40+,41-,42+,43-,44+,45-,47+,48-,49-,50-/m1/s1. The molecule has 0 radical (unpaired) electrons. The normalized spacial score (nSPS) is 40.9. The van der Waals surface area contributed by atoms with Gasteiger partial charge in [-0.05, 0) is 94.2 Å². The van der Waals surface area contributed by atoms with Crippen LogP contribution in [0.15, 0.2) is 30.3 Å². The van der Waals surface area contributed by atoms with Crippen LogP contribution < -0.4 is 5.32 Å². The van der Waals surface area contributed by atoms with E-state index in [0.29, 0.717) is 31.5 Å². The number of amides is 1. The molecule has 0 spiro atoms. The van der Waals surface area contributed by atoms with Crippen molar-refractivity contribution >= 4 is 17.7 Å². The lowest BCUT2D eigenvalue weighted by atomic mass is 9.77. The molecular weight excluding hydrogens is 867 g/mol. The molecule has 0 aliphatic carbocycles. The van der Waals surface area contributed by atoms with Crippen molar-refractivity contribution in [3.8, 4) is 0 Å². The van der Waals surface area contributed by atoms with E-state index in [9.17, 15) is 39.9 Å². The lowest BCUT2D eigenvalue weighted by Crippen LogP contribution is -2.60. The van der Waals surface area contributed by atoms with Crippen LogP contribution >= 0.6 is 0 Å². The van der Waals surface area contributed by atoms with Crippen molar-refractivity contribution in [2.75, 3.05) is 40.8 Å². The molecule has 1 aromatic rings. The number of methoxy groups -OCH3 is 1. The summed E-state index contributed by atoms with van der Waals surface area (Å²) >= 11 is 0. The third-order valence-corrected chi connectivity index (χ3v) is 14.7. The highest BCUT2D eigenvalue weighted by molar-refractivity contribution is 5.97. The minimum Gasteiger partial charge on any atom is -0.459 e. The zero-order chi connectivity index (χ0) is 50.2. The average molecular weight is 952 g/mol. The first kappa shape index (κ1) is 56.9. The van der Waals surface area contributed by atoms with Gasteiger partial charge in [0.1, 0.15) is 30.0 Å². The number of likely N-dealkylation sites (N-methyl/N-ethyl adjacent to an activating group) is 1. The van der Waals surface area contributed by atoms with Gasteiger partial charge in [-0.1, -0.05) is 51.1 Å². The molecule has 17 nitrogen and oxygen atoms in total. The molecule has 384 valence electrons. The molecule has 67 heavy (non-hydrogen) atoms. The Kier molecular flexibility index (Phi) is 20.8. The second-order valence-electron chi connectivity index (χ2n) is 20.7. The highest BCUT2D eigenvalue weighted by Crippen LogP contribution is 2.40. The number of benzene rings is 1. The van der Waals surface area contributed by atoms with E-state index in [1.807, 2.05) is 43.8 Å². The minimum atomic E-state index is -1.93. The van der Waals surface area contributed by atoms with E-state index in [2.05, 4.69) is 5.32 Å². The van der Waals surface area contributed by atoms with Crippen LogP contribution in [0.1, 0.15) is 125 Å². The van der Waals surface area contributed by atoms with E-state index >= 15 is 0 Å². The van der Waals surface area contributed by atoms with Crippen LogP contribution in [-0.4, -0.2) is 184 Å². The van der Waals surface area contributed by atoms with E-state index in [-0.39, 0.29) is 68.4 Å². The smallest absolute Gasteiger partial charge is 0.311 e. The first-order chi connectivity index (χ1) is 31.3. The Morgan fingerprint density at radius 3 is 2.19 bits per heavy atom. The summed E-state index contributed by atoms with van der Waals surface area (Å²) in [5, 5.41) is 62.7. The summed E-state index contributed by atoms with van der Waals surface area (Å²) in [6.45, 7) is 18.4. The number of esters is 1. The molecule has 18 atom stereocenters. The van der Waals surface area contributed by atoms with Crippen molar-refractivity contribution in [3.05, 3.63) is 35.9 Å². The van der Waals surface area contributed by atoms with E-state index in [1.54, 1.807) is 72.7 Å². The molecule has 17 heteroatoms.